The molecule has 63 heavy (non-hydrogen) atoms. The normalized spacial score (nSPS) is 15.5. The maximum absolute atomic E-state index is 14.0. The topological polar surface area (TPSA) is 181 Å². The van der Waals surface area contributed by atoms with Crippen molar-refractivity contribution in [3.05, 3.63) is 149 Å². The van der Waals surface area contributed by atoms with Crippen molar-refractivity contribution in [1.82, 2.24) is 14.7 Å². The summed E-state index contributed by atoms with van der Waals surface area (Å²) >= 11 is 0. The lowest BCUT2D eigenvalue weighted by Crippen LogP contribution is -2.37. The van der Waals surface area contributed by atoms with Gasteiger partial charge in [0, 0.05) is 63.1 Å². The molecule has 9 rings (SSSR count). The van der Waals surface area contributed by atoms with Crippen molar-refractivity contribution >= 4 is 50.3 Å². The molecule has 0 bridgehead atoms. The Morgan fingerprint density at radius 2 is 1.59 bits per heavy atom. The number of nitrogens with zero attached hydrogens (tertiary/aromatic N) is 5. The Hall–Kier alpha value is -7.04. The van der Waals surface area contributed by atoms with Crippen molar-refractivity contribution in [3.63, 3.8) is 0 Å². The van der Waals surface area contributed by atoms with Crippen LogP contribution in [0.1, 0.15) is 53.9 Å². The van der Waals surface area contributed by atoms with E-state index in [1.54, 1.807) is 54.9 Å². The lowest BCUT2D eigenvalue weighted by molar-refractivity contribution is -0.384. The van der Waals surface area contributed by atoms with Crippen LogP contribution >= 0.6 is 0 Å². The smallest absolute Gasteiger partial charge is 0.293 e. The monoisotopic (exact) mass is 866 g/mol. The largest absolute Gasteiger partial charge is 0.456 e. The SMILES string of the molecule is O=C(NS(=O)(=O)c1ccc(NCC2CCOCC2)c([N+](=O)[O-])c1)c1ccc(-c2ccc(N3CCCN3c3ccccc3C3CC3)cc2)cc1Oc1cccc(Nc2ncccn2)c1. The van der Waals surface area contributed by atoms with E-state index in [2.05, 4.69) is 71.7 Å². The minimum atomic E-state index is -4.59. The fraction of sp³-hybridized carbons (Fsp3) is 0.255. The third-order valence-corrected chi connectivity index (χ3v) is 12.8. The molecule has 2 saturated heterocycles. The summed E-state index contributed by atoms with van der Waals surface area (Å²) in [6.07, 6.45) is 8.33. The van der Waals surface area contributed by atoms with Crippen LogP contribution in [0.4, 0.5) is 34.4 Å². The van der Waals surface area contributed by atoms with Gasteiger partial charge in [0.25, 0.3) is 21.6 Å². The molecule has 1 saturated carbocycles. The van der Waals surface area contributed by atoms with Gasteiger partial charge < -0.3 is 20.1 Å². The molecule has 16 heteroatoms. The molecule has 0 radical (unpaired) electrons. The summed E-state index contributed by atoms with van der Waals surface area (Å²) in [5, 5.41) is 23.0. The fourth-order valence-electron chi connectivity index (χ4n) is 8.07. The van der Waals surface area contributed by atoms with E-state index in [0.29, 0.717) is 43.1 Å². The molecule has 1 amide bonds. The molecule has 15 nitrogen and oxygen atoms in total. The van der Waals surface area contributed by atoms with Crippen LogP contribution in [-0.4, -0.2) is 62.1 Å². The second kappa shape index (κ2) is 18.1. The molecular formula is C47H46N8O7S. The Morgan fingerprint density at radius 1 is 0.825 bits per heavy atom. The molecule has 3 N–H and O–H groups in total. The number of para-hydroxylation sites is 1. The van der Waals surface area contributed by atoms with E-state index in [1.165, 1.54) is 42.3 Å². The van der Waals surface area contributed by atoms with E-state index in [1.807, 2.05) is 12.1 Å². The zero-order valence-electron chi connectivity index (χ0n) is 34.4. The number of hydrazine groups is 1. The van der Waals surface area contributed by atoms with Gasteiger partial charge in [0.1, 0.15) is 17.2 Å². The Morgan fingerprint density at radius 3 is 2.37 bits per heavy atom. The van der Waals surface area contributed by atoms with Crippen molar-refractivity contribution in [1.29, 1.82) is 0 Å². The van der Waals surface area contributed by atoms with Crippen LogP contribution in [0.3, 0.4) is 0 Å². The minimum Gasteiger partial charge on any atom is -0.456 e. The number of carbonyl (C=O) groups excluding carboxylic acids is 1. The number of anilines is 5. The molecular weight excluding hydrogens is 821 g/mol. The Bertz CT molecular complexity index is 2730. The number of benzene rings is 5. The summed E-state index contributed by atoms with van der Waals surface area (Å²) < 4.78 is 41.4. The number of hydrogen-bond donors (Lipinski definition) is 3. The number of ether oxygens (including phenoxy) is 2. The molecule has 0 atom stereocenters. The van der Waals surface area contributed by atoms with E-state index in [-0.39, 0.29) is 22.9 Å². The number of amides is 1. The second-order valence-corrected chi connectivity index (χ2v) is 17.5. The van der Waals surface area contributed by atoms with E-state index in [9.17, 15) is 23.3 Å². The number of nitro benzene ring substituents is 1. The zero-order chi connectivity index (χ0) is 43.3. The predicted octanol–water partition coefficient (Wildman–Crippen LogP) is 9.05. The molecule has 6 aromatic rings. The third-order valence-electron chi connectivity index (χ3n) is 11.5. The molecule has 3 heterocycles. The van der Waals surface area contributed by atoms with Gasteiger partial charge in [0.15, 0.2) is 0 Å². The van der Waals surface area contributed by atoms with Gasteiger partial charge in [-0.1, -0.05) is 42.5 Å². The van der Waals surface area contributed by atoms with Crippen molar-refractivity contribution in [2.75, 3.05) is 53.5 Å². The van der Waals surface area contributed by atoms with Gasteiger partial charge in [-0.25, -0.2) is 23.1 Å². The van der Waals surface area contributed by atoms with Crippen molar-refractivity contribution < 1.29 is 27.6 Å². The molecule has 0 spiro atoms. The fourth-order valence-corrected chi connectivity index (χ4v) is 9.06. The third kappa shape index (κ3) is 9.56. The molecule has 3 fully saturated rings. The van der Waals surface area contributed by atoms with E-state index in [0.717, 1.165) is 55.2 Å². The van der Waals surface area contributed by atoms with Crippen LogP contribution in [0.15, 0.2) is 133 Å². The lowest BCUT2D eigenvalue weighted by atomic mass is 10.0. The van der Waals surface area contributed by atoms with Crippen LogP contribution in [0.5, 0.6) is 11.5 Å². The molecule has 0 unspecified atom stereocenters. The van der Waals surface area contributed by atoms with Crippen molar-refractivity contribution in [3.8, 4) is 22.6 Å². The standard InChI is InChI=1S/C47H46N8O7S/c56-46(52-63(59,60)39-17-19-42(44(30-39)55(57)58)50-31-32-20-26-61-27-21-32)41-18-14-35(28-45(41)62-38-7-3-6-36(29-38)51-47-48-22-4-23-49-47)33-12-15-37(16-13-33)53-24-5-25-54(53)43-9-2-1-8-40(43)34-10-11-34/h1-4,6-9,12-19,22-23,28-30,32,34,50H,5,10-11,20-21,24-27,31H2,(H,52,56)(H,48,49,51). The Kier molecular flexibility index (Phi) is 11.9. The summed E-state index contributed by atoms with van der Waals surface area (Å²) in [7, 11) is -4.59. The molecule has 1 aromatic heterocycles. The minimum absolute atomic E-state index is 0.0741. The van der Waals surface area contributed by atoms with E-state index in [4.69, 9.17) is 9.47 Å². The van der Waals surface area contributed by atoms with Gasteiger partial charge in [-0.2, -0.15) is 0 Å². The number of sulfonamides is 1. The number of nitro groups is 1. The zero-order valence-corrected chi connectivity index (χ0v) is 35.2. The number of aromatic nitrogens is 2. The van der Waals surface area contributed by atoms with Crippen molar-refractivity contribution in [2.24, 2.45) is 5.92 Å². The summed E-state index contributed by atoms with van der Waals surface area (Å²) in [5.41, 5.74) is 5.57. The van der Waals surface area contributed by atoms with Gasteiger partial charge in [-0.15, -0.1) is 0 Å². The van der Waals surface area contributed by atoms with Gasteiger partial charge in [-0.05, 0) is 121 Å². The summed E-state index contributed by atoms with van der Waals surface area (Å²) in [6.45, 7) is 3.53. The maximum atomic E-state index is 14.0. The Labute approximate surface area is 365 Å². The summed E-state index contributed by atoms with van der Waals surface area (Å²) in [6, 6.07) is 34.0. The molecule has 1 aliphatic carbocycles. The highest BCUT2D eigenvalue weighted by Crippen LogP contribution is 2.45. The van der Waals surface area contributed by atoms with Gasteiger partial charge >= 0.3 is 0 Å². The molecule has 322 valence electrons. The lowest BCUT2D eigenvalue weighted by Gasteiger charge is -2.33. The van der Waals surface area contributed by atoms with Crippen molar-refractivity contribution in [2.45, 2.75) is 42.9 Å². The number of nitrogens with one attached hydrogen (secondary N) is 3. The average molecular weight is 867 g/mol. The van der Waals surface area contributed by atoms with Gasteiger partial charge in [-0.3, -0.25) is 24.9 Å². The van der Waals surface area contributed by atoms with Crippen LogP contribution in [-0.2, 0) is 14.8 Å². The van der Waals surface area contributed by atoms with Crippen LogP contribution in [0.2, 0.25) is 0 Å². The first-order valence-corrected chi connectivity index (χ1v) is 22.5. The predicted molar refractivity (Wildman–Crippen MR) is 241 cm³/mol. The van der Waals surface area contributed by atoms with Crippen LogP contribution in [0.25, 0.3) is 11.1 Å². The molecule has 3 aliphatic rings. The first-order valence-electron chi connectivity index (χ1n) is 21.1. The quantitative estimate of drug-likeness (QED) is 0.0658. The van der Waals surface area contributed by atoms with E-state index < -0.39 is 31.4 Å². The first kappa shape index (κ1) is 41.3. The molecule has 5 aromatic carbocycles. The average Bonchev–Trinajstić information content (AvgIpc) is 4.04. The summed E-state index contributed by atoms with van der Waals surface area (Å²) in [4.78, 5) is 33.5. The highest BCUT2D eigenvalue weighted by Gasteiger charge is 2.31. The second-order valence-electron chi connectivity index (χ2n) is 15.8. The van der Waals surface area contributed by atoms with Gasteiger partial charge in [0.05, 0.1) is 26.8 Å². The van der Waals surface area contributed by atoms with E-state index >= 15 is 0 Å². The Balaban J connectivity index is 0.987. The number of rotatable bonds is 15. The summed E-state index contributed by atoms with van der Waals surface area (Å²) in [5.74, 6) is 0.702. The van der Waals surface area contributed by atoms with Crippen LogP contribution in [0, 0.1) is 16.0 Å². The maximum Gasteiger partial charge on any atom is 0.293 e. The molecule has 2 aliphatic heterocycles. The van der Waals surface area contributed by atoms with Gasteiger partial charge in [0.2, 0.25) is 5.95 Å². The highest BCUT2D eigenvalue weighted by molar-refractivity contribution is 7.90. The number of hydrogen-bond acceptors (Lipinski definition) is 13. The highest BCUT2D eigenvalue weighted by atomic mass is 32.2. The van der Waals surface area contributed by atoms with Crippen LogP contribution < -0.4 is 30.1 Å². The number of carbonyl (C=O) groups is 1. The first-order chi connectivity index (χ1) is 30.7.